The predicted octanol–water partition coefficient (Wildman–Crippen LogP) is 2.40. The van der Waals surface area contributed by atoms with Gasteiger partial charge in [0.15, 0.2) is 11.6 Å². The SMILES string of the molecule is [2H]C([2H])([2H])Oc1ccc(Br)c(/C=N/O)c1F. The fourth-order valence-electron chi connectivity index (χ4n) is 0.804. The van der Waals surface area contributed by atoms with Crippen LogP contribution in [-0.4, -0.2) is 18.5 Å². The molecule has 0 radical (unpaired) electrons. The first-order valence-corrected chi connectivity index (χ1v) is 3.99. The summed E-state index contributed by atoms with van der Waals surface area (Å²) in [5.41, 5.74) is -0.0933. The summed E-state index contributed by atoms with van der Waals surface area (Å²) in [6.07, 6.45) is 0.839. The van der Waals surface area contributed by atoms with Crippen molar-refractivity contribution < 1.29 is 18.4 Å². The molecule has 0 saturated carbocycles. The summed E-state index contributed by atoms with van der Waals surface area (Å²) in [5.74, 6) is -1.35. The third kappa shape index (κ3) is 1.98. The van der Waals surface area contributed by atoms with Gasteiger partial charge in [0, 0.05) is 10.0 Å². The van der Waals surface area contributed by atoms with E-state index >= 15 is 0 Å². The van der Waals surface area contributed by atoms with Crippen LogP contribution >= 0.6 is 15.9 Å². The maximum Gasteiger partial charge on any atom is 0.175 e. The van der Waals surface area contributed by atoms with Crippen molar-refractivity contribution in [2.24, 2.45) is 5.16 Å². The van der Waals surface area contributed by atoms with Crippen molar-refractivity contribution >= 4 is 22.1 Å². The Bertz CT molecular complexity index is 422. The summed E-state index contributed by atoms with van der Waals surface area (Å²) in [4.78, 5) is 0. The topological polar surface area (TPSA) is 41.8 Å². The Morgan fingerprint density at radius 2 is 2.54 bits per heavy atom. The van der Waals surface area contributed by atoms with Gasteiger partial charge in [-0.3, -0.25) is 0 Å². The molecule has 5 heteroatoms. The number of benzene rings is 1. The second-order valence-corrected chi connectivity index (χ2v) is 2.97. The zero-order valence-electron chi connectivity index (χ0n) is 9.29. The fraction of sp³-hybridized carbons (Fsp3) is 0.125. The fourth-order valence-corrected chi connectivity index (χ4v) is 1.21. The van der Waals surface area contributed by atoms with Gasteiger partial charge in [-0.2, -0.15) is 0 Å². The van der Waals surface area contributed by atoms with E-state index in [0.29, 0.717) is 4.47 Å². The van der Waals surface area contributed by atoms with Crippen LogP contribution in [0.4, 0.5) is 4.39 Å². The lowest BCUT2D eigenvalue weighted by Gasteiger charge is -2.04. The van der Waals surface area contributed by atoms with Crippen LogP contribution in [0.1, 0.15) is 9.68 Å². The number of oxime groups is 1. The predicted molar refractivity (Wildman–Crippen MR) is 50.0 cm³/mol. The number of methoxy groups -OCH3 is 1. The Labute approximate surface area is 87.2 Å². The third-order valence-electron chi connectivity index (χ3n) is 1.39. The molecule has 1 aromatic rings. The van der Waals surface area contributed by atoms with Crippen LogP contribution in [0.2, 0.25) is 0 Å². The average Bonchev–Trinajstić information content (AvgIpc) is 2.15. The van der Waals surface area contributed by atoms with Crippen molar-refractivity contribution in [2.45, 2.75) is 0 Å². The molecule has 1 N–H and O–H groups in total. The van der Waals surface area contributed by atoms with E-state index in [1.807, 2.05) is 0 Å². The molecule has 0 aliphatic heterocycles. The number of nitrogens with zero attached hydrogens (tertiary/aromatic N) is 1. The number of rotatable bonds is 2. The molecule has 0 saturated heterocycles. The standard InChI is InChI=1S/C8H7BrFNO2/c1-13-7-3-2-6(9)5(4-11-12)8(7)10/h2-4,12H,1H3/b11-4+/i1D3. The molecule has 0 atom stereocenters. The molecule has 0 aliphatic carbocycles. The molecule has 1 rings (SSSR count). The van der Waals surface area contributed by atoms with Crippen LogP contribution in [0.5, 0.6) is 5.75 Å². The Morgan fingerprint density at radius 3 is 3.15 bits per heavy atom. The van der Waals surface area contributed by atoms with E-state index in [2.05, 4.69) is 25.8 Å². The molecule has 70 valence electrons. The molecule has 13 heavy (non-hydrogen) atoms. The highest BCUT2D eigenvalue weighted by Crippen LogP contribution is 2.25. The first kappa shape index (κ1) is 6.37. The molecule has 0 spiro atoms. The van der Waals surface area contributed by atoms with Crippen LogP contribution < -0.4 is 4.74 Å². The second kappa shape index (κ2) is 4.23. The van der Waals surface area contributed by atoms with Gasteiger partial charge in [0.25, 0.3) is 0 Å². The van der Waals surface area contributed by atoms with Gasteiger partial charge in [0.1, 0.15) is 0 Å². The minimum absolute atomic E-state index is 0.0933. The Morgan fingerprint density at radius 1 is 1.77 bits per heavy atom. The van der Waals surface area contributed by atoms with Gasteiger partial charge in [-0.15, -0.1) is 0 Å². The summed E-state index contributed by atoms with van der Waals surface area (Å²) in [7, 11) is -2.73. The van der Waals surface area contributed by atoms with Crippen molar-refractivity contribution in [3.05, 3.63) is 28.0 Å². The van der Waals surface area contributed by atoms with Crippen LogP contribution in [0, 0.1) is 5.82 Å². The first-order valence-electron chi connectivity index (χ1n) is 4.69. The van der Waals surface area contributed by atoms with Crippen LogP contribution in [0.25, 0.3) is 0 Å². The lowest BCUT2D eigenvalue weighted by Crippen LogP contribution is -1.95. The van der Waals surface area contributed by atoms with Gasteiger partial charge >= 0.3 is 0 Å². The summed E-state index contributed by atoms with van der Waals surface area (Å²) < 4.78 is 38.9. The van der Waals surface area contributed by atoms with Gasteiger partial charge in [-0.25, -0.2) is 4.39 Å². The normalized spacial score (nSPS) is 15.1. The largest absolute Gasteiger partial charge is 0.494 e. The number of hydrogen-bond acceptors (Lipinski definition) is 3. The molecule has 1 aromatic carbocycles. The molecule has 3 nitrogen and oxygen atoms in total. The van der Waals surface area contributed by atoms with Crippen molar-refractivity contribution in [1.82, 2.24) is 0 Å². The van der Waals surface area contributed by atoms with Gasteiger partial charge in [0.2, 0.25) is 0 Å². The summed E-state index contributed by atoms with van der Waals surface area (Å²) >= 11 is 3.02. The van der Waals surface area contributed by atoms with Crippen molar-refractivity contribution in [2.75, 3.05) is 7.04 Å². The van der Waals surface area contributed by atoms with Crippen molar-refractivity contribution in [3.63, 3.8) is 0 Å². The Hall–Kier alpha value is -1.10. The first-order chi connectivity index (χ1) is 7.35. The van der Waals surface area contributed by atoms with E-state index in [1.54, 1.807) is 0 Å². The zero-order valence-corrected chi connectivity index (χ0v) is 7.88. The number of halogens is 2. The maximum atomic E-state index is 13.6. The zero-order chi connectivity index (χ0) is 12.3. The van der Waals surface area contributed by atoms with Crippen molar-refractivity contribution in [1.29, 1.82) is 0 Å². The minimum Gasteiger partial charge on any atom is -0.494 e. The Kier molecular flexibility index (Phi) is 2.07. The highest BCUT2D eigenvalue weighted by atomic mass is 79.9. The highest BCUT2D eigenvalue weighted by Gasteiger charge is 2.10. The van der Waals surface area contributed by atoms with Gasteiger partial charge in [-0.1, -0.05) is 21.1 Å². The summed E-state index contributed by atoms with van der Waals surface area (Å²) in [5, 5.41) is 11.0. The Balaban J connectivity index is 3.18. The molecule has 0 unspecified atom stereocenters. The number of ether oxygens (including phenoxy) is 1. The van der Waals surface area contributed by atoms with E-state index in [0.717, 1.165) is 6.21 Å². The smallest absolute Gasteiger partial charge is 0.175 e. The van der Waals surface area contributed by atoms with E-state index < -0.39 is 18.6 Å². The monoisotopic (exact) mass is 250 g/mol. The molecular formula is C8H7BrFNO2. The van der Waals surface area contributed by atoms with Crippen LogP contribution in [0.15, 0.2) is 21.8 Å². The molecule has 0 heterocycles. The van der Waals surface area contributed by atoms with E-state index in [1.165, 1.54) is 12.1 Å². The van der Waals surface area contributed by atoms with E-state index in [-0.39, 0.29) is 5.56 Å². The summed E-state index contributed by atoms with van der Waals surface area (Å²) in [6.45, 7) is 0. The lowest BCUT2D eigenvalue weighted by molar-refractivity contribution is 0.321. The highest BCUT2D eigenvalue weighted by molar-refractivity contribution is 9.10. The second-order valence-electron chi connectivity index (χ2n) is 2.12. The summed E-state index contributed by atoms with van der Waals surface area (Å²) in [6, 6.07) is 2.56. The van der Waals surface area contributed by atoms with Crippen LogP contribution in [0.3, 0.4) is 0 Å². The molecule has 0 fully saturated rings. The molecule has 0 bridgehead atoms. The number of hydrogen-bond donors (Lipinski definition) is 1. The van der Waals surface area contributed by atoms with Crippen molar-refractivity contribution in [3.8, 4) is 5.75 Å². The van der Waals surface area contributed by atoms with E-state index in [4.69, 9.17) is 9.32 Å². The van der Waals surface area contributed by atoms with Gasteiger partial charge < -0.3 is 9.94 Å². The van der Waals surface area contributed by atoms with Crippen LogP contribution in [-0.2, 0) is 0 Å². The minimum atomic E-state index is -2.73. The molecule has 0 aliphatic rings. The average molecular weight is 251 g/mol. The van der Waals surface area contributed by atoms with Gasteiger partial charge in [0.05, 0.1) is 17.4 Å². The lowest BCUT2D eigenvalue weighted by atomic mass is 10.2. The molecule has 0 aromatic heterocycles. The van der Waals surface area contributed by atoms with E-state index in [9.17, 15) is 4.39 Å². The molecule has 0 amide bonds. The molecular weight excluding hydrogens is 241 g/mol. The quantitative estimate of drug-likeness (QED) is 0.498. The van der Waals surface area contributed by atoms with Gasteiger partial charge in [-0.05, 0) is 12.1 Å². The third-order valence-corrected chi connectivity index (χ3v) is 2.08. The maximum absolute atomic E-state index is 13.6.